The van der Waals surface area contributed by atoms with Crippen LogP contribution in [0.1, 0.15) is 5.56 Å². The highest BCUT2D eigenvalue weighted by Crippen LogP contribution is 2.14. The van der Waals surface area contributed by atoms with Gasteiger partial charge >= 0.3 is 0 Å². The van der Waals surface area contributed by atoms with Crippen LogP contribution in [0.3, 0.4) is 0 Å². The maximum absolute atomic E-state index is 12.4. The summed E-state index contributed by atoms with van der Waals surface area (Å²) in [7, 11) is 0. The molecule has 7 heteroatoms. The van der Waals surface area contributed by atoms with Crippen molar-refractivity contribution >= 4 is 17.4 Å². The lowest BCUT2D eigenvalue weighted by Crippen LogP contribution is -2.14. The van der Waals surface area contributed by atoms with Crippen molar-refractivity contribution in [1.82, 2.24) is 23.9 Å². The van der Waals surface area contributed by atoms with Gasteiger partial charge in [-0.25, -0.2) is 15.0 Å². The Labute approximate surface area is 148 Å². The lowest BCUT2D eigenvalue weighted by Gasteiger charge is -2.06. The third-order valence-corrected chi connectivity index (χ3v) is 4.20. The van der Waals surface area contributed by atoms with E-state index in [-0.39, 0.29) is 5.56 Å². The van der Waals surface area contributed by atoms with Crippen LogP contribution in [-0.2, 0) is 13.0 Å². The predicted octanol–water partition coefficient (Wildman–Crippen LogP) is 2.85. The van der Waals surface area contributed by atoms with E-state index in [2.05, 4.69) is 15.0 Å². The summed E-state index contributed by atoms with van der Waals surface area (Å²) in [5.41, 5.74) is 2.15. The van der Waals surface area contributed by atoms with Gasteiger partial charge in [0, 0.05) is 36.2 Å². The third-order valence-electron chi connectivity index (χ3n) is 3.96. The molecule has 124 valence electrons. The van der Waals surface area contributed by atoms with Crippen molar-refractivity contribution in [2.75, 3.05) is 0 Å². The van der Waals surface area contributed by atoms with Crippen molar-refractivity contribution in [2.24, 2.45) is 0 Å². The molecule has 0 unspecified atom stereocenters. The first-order valence-corrected chi connectivity index (χ1v) is 8.18. The summed E-state index contributed by atoms with van der Waals surface area (Å²) in [6.45, 7) is 0.691. The number of imidazole rings is 1. The van der Waals surface area contributed by atoms with Gasteiger partial charge in [0.25, 0.3) is 5.56 Å². The molecular weight excluding hydrogens is 338 g/mol. The van der Waals surface area contributed by atoms with Gasteiger partial charge in [-0.15, -0.1) is 0 Å². The number of hydrogen-bond donors (Lipinski definition) is 0. The summed E-state index contributed by atoms with van der Waals surface area (Å²) < 4.78 is 3.48. The van der Waals surface area contributed by atoms with Crippen LogP contribution in [0.2, 0.25) is 5.02 Å². The number of hydrogen-bond acceptors (Lipinski definition) is 4. The summed E-state index contributed by atoms with van der Waals surface area (Å²) in [5.74, 6) is 0.586. The molecule has 0 atom stereocenters. The monoisotopic (exact) mass is 351 g/mol. The number of nitrogens with zero attached hydrogens (tertiary/aromatic N) is 5. The fraction of sp³-hybridized carbons (Fsp3) is 0.111. The molecule has 0 aliphatic carbocycles. The predicted molar refractivity (Wildman–Crippen MR) is 95.6 cm³/mol. The highest BCUT2D eigenvalue weighted by molar-refractivity contribution is 6.30. The fourth-order valence-electron chi connectivity index (χ4n) is 2.73. The molecule has 25 heavy (non-hydrogen) atoms. The molecule has 3 heterocycles. The number of rotatable bonds is 4. The Kier molecular flexibility index (Phi) is 4.03. The van der Waals surface area contributed by atoms with E-state index in [4.69, 9.17) is 11.6 Å². The van der Waals surface area contributed by atoms with Crippen LogP contribution in [0, 0.1) is 0 Å². The van der Waals surface area contributed by atoms with Gasteiger partial charge in [0.2, 0.25) is 5.78 Å². The van der Waals surface area contributed by atoms with E-state index in [0.29, 0.717) is 23.7 Å². The summed E-state index contributed by atoms with van der Waals surface area (Å²) >= 11 is 6.03. The molecule has 0 fully saturated rings. The molecule has 0 N–H and O–H groups in total. The van der Waals surface area contributed by atoms with Crippen LogP contribution in [0.15, 0.2) is 66.1 Å². The maximum atomic E-state index is 12.4. The second kappa shape index (κ2) is 6.49. The van der Waals surface area contributed by atoms with Gasteiger partial charge in [0.1, 0.15) is 6.33 Å². The molecule has 0 aliphatic rings. The van der Waals surface area contributed by atoms with Crippen LogP contribution >= 0.6 is 11.6 Å². The van der Waals surface area contributed by atoms with Gasteiger partial charge in [-0.05, 0) is 30.2 Å². The Hall–Kier alpha value is -2.99. The maximum Gasteiger partial charge on any atom is 0.259 e. The minimum absolute atomic E-state index is 0.139. The zero-order valence-electron chi connectivity index (χ0n) is 13.2. The minimum Gasteiger partial charge on any atom is -0.316 e. The molecule has 0 bridgehead atoms. The zero-order valence-corrected chi connectivity index (χ0v) is 14.0. The van der Waals surface area contributed by atoms with Crippen molar-refractivity contribution in [3.05, 3.63) is 82.3 Å². The molecule has 1 aromatic carbocycles. The molecule has 0 radical (unpaired) electrons. The normalized spacial score (nSPS) is 11.1. The highest BCUT2D eigenvalue weighted by Gasteiger charge is 2.09. The average molecular weight is 352 g/mol. The Balaban J connectivity index is 1.70. The first kappa shape index (κ1) is 15.5. The fourth-order valence-corrected chi connectivity index (χ4v) is 2.94. The van der Waals surface area contributed by atoms with Crippen LogP contribution in [0.4, 0.5) is 0 Å². The Morgan fingerprint density at radius 2 is 2.00 bits per heavy atom. The standard InChI is InChI=1S/C18H14ClN5O/c19-14-3-1-2-13(10-14)5-7-23-8-9-24-17(25)11-16(22-18(23)24)15-4-6-20-12-21-15/h1-4,6,8-12H,5,7H2. The van der Waals surface area contributed by atoms with E-state index in [1.54, 1.807) is 18.5 Å². The Morgan fingerprint density at radius 1 is 1.08 bits per heavy atom. The Morgan fingerprint density at radius 3 is 2.80 bits per heavy atom. The van der Waals surface area contributed by atoms with Gasteiger partial charge in [0.15, 0.2) is 0 Å². The van der Waals surface area contributed by atoms with E-state index in [1.807, 2.05) is 35.0 Å². The van der Waals surface area contributed by atoms with Crippen molar-refractivity contribution in [3.8, 4) is 11.4 Å². The van der Waals surface area contributed by atoms with Crippen molar-refractivity contribution in [3.63, 3.8) is 0 Å². The lowest BCUT2D eigenvalue weighted by molar-refractivity contribution is 0.709. The quantitative estimate of drug-likeness (QED) is 0.567. The topological polar surface area (TPSA) is 65.1 Å². The molecule has 4 aromatic rings. The highest BCUT2D eigenvalue weighted by atomic mass is 35.5. The minimum atomic E-state index is -0.139. The third kappa shape index (κ3) is 3.16. The summed E-state index contributed by atoms with van der Waals surface area (Å²) in [5, 5.41) is 0.718. The number of benzene rings is 1. The van der Waals surface area contributed by atoms with Crippen LogP contribution in [0.5, 0.6) is 0 Å². The molecule has 6 nitrogen and oxygen atoms in total. The SMILES string of the molecule is O=c1cc(-c2ccncn2)nc2n(CCc3cccc(Cl)c3)ccn12. The molecular formula is C18H14ClN5O. The number of aryl methyl sites for hydroxylation is 2. The number of aromatic nitrogens is 5. The smallest absolute Gasteiger partial charge is 0.259 e. The molecule has 0 saturated carbocycles. The summed E-state index contributed by atoms with van der Waals surface area (Å²) in [6.07, 6.45) is 7.45. The molecule has 0 saturated heterocycles. The lowest BCUT2D eigenvalue weighted by atomic mass is 10.1. The van der Waals surface area contributed by atoms with Crippen molar-refractivity contribution in [1.29, 1.82) is 0 Å². The second-order valence-corrected chi connectivity index (χ2v) is 6.05. The zero-order chi connectivity index (χ0) is 17.2. The van der Waals surface area contributed by atoms with Gasteiger partial charge in [0.05, 0.1) is 11.4 Å². The Bertz CT molecular complexity index is 1090. The average Bonchev–Trinajstić information content (AvgIpc) is 3.04. The van der Waals surface area contributed by atoms with Crippen LogP contribution < -0.4 is 5.56 Å². The van der Waals surface area contributed by atoms with Gasteiger partial charge in [-0.1, -0.05) is 23.7 Å². The largest absolute Gasteiger partial charge is 0.316 e. The van der Waals surface area contributed by atoms with Gasteiger partial charge in [-0.2, -0.15) is 0 Å². The summed E-state index contributed by atoms with van der Waals surface area (Å²) in [6, 6.07) is 11.0. The van der Waals surface area contributed by atoms with Crippen molar-refractivity contribution in [2.45, 2.75) is 13.0 Å². The molecule has 0 spiro atoms. The first-order chi connectivity index (χ1) is 12.2. The van der Waals surface area contributed by atoms with Gasteiger partial charge < -0.3 is 4.57 Å². The van der Waals surface area contributed by atoms with E-state index < -0.39 is 0 Å². The second-order valence-electron chi connectivity index (χ2n) is 5.62. The van der Waals surface area contributed by atoms with E-state index in [0.717, 1.165) is 17.0 Å². The van der Waals surface area contributed by atoms with Crippen LogP contribution in [-0.4, -0.2) is 23.9 Å². The number of halogens is 1. The van der Waals surface area contributed by atoms with Crippen molar-refractivity contribution < 1.29 is 0 Å². The van der Waals surface area contributed by atoms with E-state index in [1.165, 1.54) is 16.8 Å². The molecule has 4 rings (SSSR count). The van der Waals surface area contributed by atoms with E-state index in [9.17, 15) is 4.79 Å². The first-order valence-electron chi connectivity index (χ1n) is 7.80. The molecule has 3 aromatic heterocycles. The number of fused-ring (bicyclic) bond motifs is 1. The molecule has 0 aliphatic heterocycles. The van der Waals surface area contributed by atoms with E-state index >= 15 is 0 Å². The molecule has 0 amide bonds. The van der Waals surface area contributed by atoms with Crippen LogP contribution in [0.25, 0.3) is 17.2 Å². The summed E-state index contributed by atoms with van der Waals surface area (Å²) in [4.78, 5) is 25.0. The van der Waals surface area contributed by atoms with Gasteiger partial charge in [-0.3, -0.25) is 9.20 Å².